The first-order valence-corrected chi connectivity index (χ1v) is 8.68. The fourth-order valence-electron chi connectivity index (χ4n) is 2.55. The number of methoxy groups -OCH3 is 1. The van der Waals surface area contributed by atoms with E-state index in [0.717, 1.165) is 17.0 Å². The Balaban J connectivity index is 1.58. The molecule has 7 heteroatoms. The van der Waals surface area contributed by atoms with Gasteiger partial charge in [0.15, 0.2) is 17.4 Å². The van der Waals surface area contributed by atoms with Gasteiger partial charge in [0.1, 0.15) is 5.75 Å². The number of benzene rings is 2. The number of rotatable bonds is 7. The molecule has 0 aliphatic rings. The average molecular weight is 376 g/mol. The largest absolute Gasteiger partial charge is 0.497 e. The number of anilines is 3. The zero-order chi connectivity index (χ0) is 19.9. The molecule has 0 aliphatic carbocycles. The number of ether oxygens (including phenoxy) is 1. The fraction of sp³-hybridized carbons (Fsp3) is 0.143. The van der Waals surface area contributed by atoms with Gasteiger partial charge in [-0.1, -0.05) is 24.3 Å². The van der Waals surface area contributed by atoms with Gasteiger partial charge in [0.2, 0.25) is 5.91 Å². The zero-order valence-electron chi connectivity index (χ0n) is 15.6. The van der Waals surface area contributed by atoms with Crippen LogP contribution in [0.3, 0.4) is 0 Å². The molecule has 2 aromatic carbocycles. The van der Waals surface area contributed by atoms with Crippen LogP contribution in [0.4, 0.5) is 17.3 Å². The third kappa shape index (κ3) is 5.14. The number of nitrogens with one attached hydrogen (secondary N) is 2. The molecule has 0 atom stereocenters. The topological polar surface area (TPSA) is 93.2 Å². The van der Waals surface area contributed by atoms with E-state index in [4.69, 9.17) is 4.74 Å². The van der Waals surface area contributed by atoms with Crippen LogP contribution in [0.5, 0.6) is 5.75 Å². The molecule has 0 radical (unpaired) electrons. The molecule has 0 fully saturated rings. The maximum absolute atomic E-state index is 12.2. The number of aromatic nitrogens is 2. The molecule has 3 aromatic rings. The predicted octanol–water partition coefficient (Wildman–Crippen LogP) is 3.61. The van der Waals surface area contributed by atoms with Gasteiger partial charge in [-0.15, -0.1) is 10.2 Å². The molecule has 7 nitrogen and oxygen atoms in total. The van der Waals surface area contributed by atoms with Crippen molar-refractivity contribution in [2.75, 3.05) is 17.7 Å². The van der Waals surface area contributed by atoms with Gasteiger partial charge in [-0.2, -0.15) is 0 Å². The Hall–Kier alpha value is -3.74. The first-order chi connectivity index (χ1) is 13.5. The summed E-state index contributed by atoms with van der Waals surface area (Å²) < 4.78 is 5.10. The third-order valence-corrected chi connectivity index (χ3v) is 4.00. The van der Waals surface area contributed by atoms with Gasteiger partial charge in [-0.05, 0) is 48.9 Å². The Morgan fingerprint density at radius 2 is 1.68 bits per heavy atom. The molecule has 1 amide bonds. The molecule has 142 valence electrons. The van der Waals surface area contributed by atoms with E-state index in [2.05, 4.69) is 20.8 Å². The molecule has 0 bridgehead atoms. The number of amides is 1. The molecule has 0 saturated heterocycles. The van der Waals surface area contributed by atoms with Crippen LogP contribution >= 0.6 is 0 Å². The zero-order valence-corrected chi connectivity index (χ0v) is 15.6. The van der Waals surface area contributed by atoms with Gasteiger partial charge in [0, 0.05) is 11.3 Å². The minimum absolute atomic E-state index is 0.00958. The van der Waals surface area contributed by atoms with E-state index in [1.165, 1.54) is 6.92 Å². The number of hydrogen-bond acceptors (Lipinski definition) is 6. The number of carbonyl (C=O) groups excluding carboxylic acids is 2. The van der Waals surface area contributed by atoms with Crippen LogP contribution in [0.2, 0.25) is 0 Å². The maximum Gasteiger partial charge on any atom is 0.229 e. The Labute approximate surface area is 162 Å². The maximum atomic E-state index is 12.2. The van der Waals surface area contributed by atoms with Crippen molar-refractivity contribution in [1.29, 1.82) is 0 Å². The lowest BCUT2D eigenvalue weighted by molar-refractivity contribution is -0.115. The van der Waals surface area contributed by atoms with Crippen molar-refractivity contribution < 1.29 is 14.3 Å². The van der Waals surface area contributed by atoms with E-state index in [1.807, 2.05) is 30.3 Å². The Bertz CT molecular complexity index is 970. The summed E-state index contributed by atoms with van der Waals surface area (Å²) in [5.41, 5.74) is 2.22. The number of nitrogens with zero attached hydrogens (tertiary/aromatic N) is 2. The van der Waals surface area contributed by atoms with Gasteiger partial charge < -0.3 is 15.4 Å². The normalized spacial score (nSPS) is 10.2. The van der Waals surface area contributed by atoms with Crippen LogP contribution in [0.25, 0.3) is 0 Å². The average Bonchev–Trinajstić information content (AvgIpc) is 2.70. The van der Waals surface area contributed by atoms with Crippen molar-refractivity contribution in [2.45, 2.75) is 13.3 Å². The second-order valence-corrected chi connectivity index (χ2v) is 6.14. The minimum Gasteiger partial charge on any atom is -0.497 e. The highest BCUT2D eigenvalue weighted by Gasteiger charge is 2.07. The number of ketones is 1. The number of Topliss-reactive ketones (excluding diaryl/α,β-unsaturated/α-hetero) is 1. The molecule has 0 aliphatic heterocycles. The smallest absolute Gasteiger partial charge is 0.229 e. The molecule has 0 spiro atoms. The van der Waals surface area contributed by atoms with E-state index < -0.39 is 0 Å². The summed E-state index contributed by atoms with van der Waals surface area (Å²) in [7, 11) is 1.60. The summed E-state index contributed by atoms with van der Waals surface area (Å²) in [5.74, 6) is 1.42. The standard InChI is InChI=1S/C21H20N4O3/c1-14(26)16-4-3-5-17(13-16)22-19-10-11-20(25-24-19)23-21(27)12-15-6-8-18(28-2)9-7-15/h3-11,13H,12H2,1-2H3,(H,22,24)(H,23,25,27). The molecular weight excluding hydrogens is 356 g/mol. The van der Waals surface area contributed by atoms with Gasteiger partial charge in [0.05, 0.1) is 13.5 Å². The third-order valence-electron chi connectivity index (χ3n) is 4.00. The lowest BCUT2D eigenvalue weighted by atomic mass is 10.1. The van der Waals surface area contributed by atoms with Gasteiger partial charge >= 0.3 is 0 Å². The van der Waals surface area contributed by atoms with Crippen molar-refractivity contribution in [2.24, 2.45) is 0 Å². The van der Waals surface area contributed by atoms with Crippen molar-refractivity contribution >= 4 is 29.0 Å². The van der Waals surface area contributed by atoms with Gasteiger partial charge in [-0.3, -0.25) is 9.59 Å². The summed E-state index contributed by atoms with van der Waals surface area (Å²) >= 11 is 0. The molecule has 28 heavy (non-hydrogen) atoms. The molecule has 1 heterocycles. The number of hydrogen-bond donors (Lipinski definition) is 2. The van der Waals surface area contributed by atoms with E-state index in [1.54, 1.807) is 37.4 Å². The van der Waals surface area contributed by atoms with Crippen LogP contribution in [0.15, 0.2) is 60.7 Å². The SMILES string of the molecule is COc1ccc(CC(=O)Nc2ccc(Nc3cccc(C(C)=O)c3)nn2)cc1. The lowest BCUT2D eigenvalue weighted by Gasteiger charge is -2.08. The van der Waals surface area contributed by atoms with Gasteiger partial charge in [0.25, 0.3) is 0 Å². The van der Waals surface area contributed by atoms with E-state index >= 15 is 0 Å². The quantitative estimate of drug-likeness (QED) is 0.612. The highest BCUT2D eigenvalue weighted by Crippen LogP contribution is 2.17. The summed E-state index contributed by atoms with van der Waals surface area (Å²) in [4.78, 5) is 23.6. The van der Waals surface area contributed by atoms with E-state index in [0.29, 0.717) is 17.2 Å². The second-order valence-electron chi connectivity index (χ2n) is 6.14. The highest BCUT2D eigenvalue weighted by molar-refractivity contribution is 5.95. The number of carbonyl (C=O) groups is 2. The summed E-state index contributed by atoms with van der Waals surface area (Å²) in [6.07, 6.45) is 0.226. The van der Waals surface area contributed by atoms with Crippen LogP contribution in [-0.4, -0.2) is 29.0 Å². The monoisotopic (exact) mass is 376 g/mol. The van der Waals surface area contributed by atoms with E-state index in [-0.39, 0.29) is 18.1 Å². The molecule has 2 N–H and O–H groups in total. The fourth-order valence-corrected chi connectivity index (χ4v) is 2.55. The minimum atomic E-state index is -0.186. The summed E-state index contributed by atoms with van der Waals surface area (Å²) in [6, 6.07) is 17.8. The lowest BCUT2D eigenvalue weighted by Crippen LogP contribution is -2.15. The molecule has 0 unspecified atom stereocenters. The van der Waals surface area contributed by atoms with E-state index in [9.17, 15) is 9.59 Å². The summed E-state index contributed by atoms with van der Waals surface area (Å²) in [6.45, 7) is 1.52. The van der Waals surface area contributed by atoms with Crippen LogP contribution < -0.4 is 15.4 Å². The van der Waals surface area contributed by atoms with Crippen molar-refractivity contribution in [1.82, 2.24) is 10.2 Å². The molecule has 0 saturated carbocycles. The Kier molecular flexibility index (Phi) is 5.96. The predicted molar refractivity (Wildman–Crippen MR) is 107 cm³/mol. The Morgan fingerprint density at radius 3 is 2.32 bits per heavy atom. The Morgan fingerprint density at radius 1 is 0.964 bits per heavy atom. The van der Waals surface area contributed by atoms with Crippen molar-refractivity contribution in [3.8, 4) is 5.75 Å². The van der Waals surface area contributed by atoms with Crippen molar-refractivity contribution in [3.05, 3.63) is 71.8 Å². The first-order valence-electron chi connectivity index (χ1n) is 8.68. The van der Waals surface area contributed by atoms with Gasteiger partial charge in [-0.25, -0.2) is 0 Å². The molecule has 3 rings (SSSR count). The molecule has 1 aromatic heterocycles. The molecular formula is C21H20N4O3. The second kappa shape index (κ2) is 8.77. The van der Waals surface area contributed by atoms with Crippen LogP contribution in [-0.2, 0) is 11.2 Å². The van der Waals surface area contributed by atoms with Crippen molar-refractivity contribution in [3.63, 3.8) is 0 Å². The van der Waals surface area contributed by atoms with Crippen LogP contribution in [0.1, 0.15) is 22.8 Å². The summed E-state index contributed by atoms with van der Waals surface area (Å²) in [5, 5.41) is 13.9. The van der Waals surface area contributed by atoms with Crippen LogP contribution in [0, 0.1) is 0 Å². The highest BCUT2D eigenvalue weighted by atomic mass is 16.5. The first kappa shape index (κ1) is 19.0.